The van der Waals surface area contributed by atoms with Crippen molar-refractivity contribution in [2.24, 2.45) is 17.2 Å². The van der Waals surface area contributed by atoms with Gasteiger partial charge >= 0.3 is 5.97 Å². The quantitative estimate of drug-likeness (QED) is 0.0238. The second-order valence-electron chi connectivity index (χ2n) is 33.6. The Morgan fingerprint density at radius 1 is 0.534 bits per heavy atom. The second kappa shape index (κ2) is 50.0. The first kappa shape index (κ1) is 104. The number of nitrogens with one attached hydrogen (secondary N) is 13. The lowest BCUT2D eigenvalue weighted by atomic mass is 10.00. The summed E-state index contributed by atoms with van der Waals surface area (Å²) in [5.74, 6) is -17.6. The normalized spacial score (nSPS) is 25.0. The van der Waals surface area contributed by atoms with Gasteiger partial charge in [-0.3, -0.25) is 81.5 Å². The number of aromatic nitrogens is 4. The summed E-state index contributed by atoms with van der Waals surface area (Å²) in [5.41, 5.74) is 20.4. The third kappa shape index (κ3) is 28.5. The monoisotopic (exact) mass is 1870 g/mol. The van der Waals surface area contributed by atoms with Crippen molar-refractivity contribution in [1.82, 2.24) is 97.6 Å². The number of aromatic amines is 3. The highest BCUT2D eigenvalue weighted by atomic mass is 32.2. The molecule has 43 nitrogen and oxygen atoms in total. The van der Waals surface area contributed by atoms with Gasteiger partial charge in [0.2, 0.25) is 94.5 Å². The molecule has 0 unspecified atom stereocenters. The lowest BCUT2D eigenvalue weighted by Gasteiger charge is -2.36. The van der Waals surface area contributed by atoms with Crippen molar-refractivity contribution in [2.45, 2.75) is 227 Å². The van der Waals surface area contributed by atoms with Gasteiger partial charge in [-0.1, -0.05) is 94.5 Å². The smallest absolute Gasteiger partial charge is 0.303 e. The summed E-state index contributed by atoms with van der Waals surface area (Å²) >= 11 is 0.785. The summed E-state index contributed by atoms with van der Waals surface area (Å²) in [4.78, 5) is 267. The molecule has 15 atom stereocenters. The number of phenols is 1. The van der Waals surface area contributed by atoms with Crippen LogP contribution in [0.4, 0.5) is 0 Å². The van der Waals surface area contributed by atoms with Crippen molar-refractivity contribution in [1.29, 1.82) is 0 Å². The number of primary amides is 1. The Hall–Kier alpha value is -13.1. The number of aromatic hydroxyl groups is 1. The Labute approximate surface area is 772 Å². The number of rotatable bonds is 26. The van der Waals surface area contributed by atoms with Gasteiger partial charge in [0, 0.05) is 119 Å². The van der Waals surface area contributed by atoms with Crippen LogP contribution in [0.3, 0.4) is 0 Å². The first-order chi connectivity index (χ1) is 63.6. The van der Waals surface area contributed by atoms with Crippen molar-refractivity contribution in [2.75, 3.05) is 72.0 Å². The number of aliphatic hydroxyl groups is 2. The minimum atomic E-state index is -1.92. The van der Waals surface area contributed by atoms with Crippen LogP contribution in [-0.2, 0) is 107 Å². The highest BCUT2D eigenvalue weighted by molar-refractivity contribution is 8.00. The number of unbranched alkanes of at least 4 members (excludes halogenated alkanes) is 3. The van der Waals surface area contributed by atoms with E-state index in [0.717, 1.165) is 31.4 Å². The number of para-hydroxylation sites is 2. The molecular weight excluding hydrogens is 1750 g/mol. The molecular formula is C89H124N22O21S. The number of aliphatic hydroxyl groups excluding tert-OH is 2. The van der Waals surface area contributed by atoms with Gasteiger partial charge in [-0.25, -0.2) is 4.98 Å². The van der Waals surface area contributed by atoms with Crippen LogP contribution in [0.5, 0.6) is 5.75 Å². The second-order valence-corrected chi connectivity index (χ2v) is 34.6. The molecule has 133 heavy (non-hydrogen) atoms. The number of H-pyrrole nitrogens is 3. The van der Waals surface area contributed by atoms with Gasteiger partial charge in [0.25, 0.3) is 0 Å². The third-order valence-electron chi connectivity index (χ3n) is 24.0. The summed E-state index contributed by atoms with van der Waals surface area (Å²) in [7, 11) is 3.95. The fourth-order valence-corrected chi connectivity index (χ4v) is 17.3. The Balaban J connectivity index is 1.09. The van der Waals surface area contributed by atoms with Gasteiger partial charge in [-0.05, 0) is 106 Å². The predicted molar refractivity (Wildman–Crippen MR) is 486 cm³/mol. The number of carboxylic acid groups (broad SMARTS) is 1. The molecule has 23 N–H and O–H groups in total. The Kier molecular flexibility index (Phi) is 38.9. The number of hydrogen-bond donors (Lipinski definition) is 20. The van der Waals surface area contributed by atoms with E-state index < -0.39 is 242 Å². The molecule has 44 heteroatoms. The van der Waals surface area contributed by atoms with Crippen molar-refractivity contribution < 1.29 is 102 Å². The maximum atomic E-state index is 15.7. The number of phenolic OH excluding ortho intramolecular Hbond substituents is 1. The molecule has 3 saturated heterocycles. The number of thioether (sulfide) groups is 1. The number of carbonyl (C=O) groups excluding carboxylic acids is 16. The topological polar surface area (TPSA) is 646 Å². The average molecular weight is 1870 g/mol. The van der Waals surface area contributed by atoms with Crippen LogP contribution in [0.15, 0.2) is 97.7 Å². The molecule has 6 heterocycles. The summed E-state index contributed by atoms with van der Waals surface area (Å²) in [6, 6.07) is -2.30. The molecule has 3 aliphatic rings. The lowest BCUT2D eigenvalue weighted by molar-refractivity contribution is -0.149. The fraction of sp³-hybridized carbons (Fsp3) is 0.528. The number of amides is 16. The zero-order valence-electron chi connectivity index (χ0n) is 75.3. The molecule has 3 fully saturated rings. The molecule has 0 bridgehead atoms. The molecule has 722 valence electrons. The highest BCUT2D eigenvalue weighted by Crippen LogP contribution is 2.28. The van der Waals surface area contributed by atoms with Gasteiger partial charge in [-0.2, -0.15) is 0 Å². The summed E-state index contributed by atoms with van der Waals surface area (Å²) in [6.45, 7) is 2.18. The van der Waals surface area contributed by atoms with Crippen LogP contribution in [0, 0.1) is 0 Å². The van der Waals surface area contributed by atoms with Gasteiger partial charge in [0.1, 0.15) is 90.3 Å². The van der Waals surface area contributed by atoms with Crippen molar-refractivity contribution in [3.63, 3.8) is 0 Å². The molecule has 0 aliphatic carbocycles. The molecule has 3 aliphatic heterocycles. The number of aliphatic carboxylic acids is 1. The number of benzene rings is 3. The largest absolute Gasteiger partial charge is 0.508 e. The number of carbonyl (C=O) groups is 17. The fourth-order valence-electron chi connectivity index (χ4n) is 16.5. The van der Waals surface area contributed by atoms with Gasteiger partial charge in [-0.15, -0.1) is 11.8 Å². The number of imidazole rings is 1. The zero-order valence-corrected chi connectivity index (χ0v) is 76.2. The summed E-state index contributed by atoms with van der Waals surface area (Å²) in [6.07, 6.45) is 3.45. The zero-order chi connectivity index (χ0) is 96.9. The first-order valence-corrected chi connectivity index (χ1v) is 45.8. The van der Waals surface area contributed by atoms with E-state index in [4.69, 9.17) is 17.2 Å². The van der Waals surface area contributed by atoms with Gasteiger partial charge < -0.3 is 130 Å². The van der Waals surface area contributed by atoms with Crippen LogP contribution in [-0.4, -0.2) is 328 Å². The van der Waals surface area contributed by atoms with E-state index in [1.54, 1.807) is 60.9 Å². The van der Waals surface area contributed by atoms with Gasteiger partial charge in [0.15, 0.2) is 0 Å². The molecule has 9 rings (SSSR count). The van der Waals surface area contributed by atoms with E-state index in [1.165, 1.54) is 69.8 Å². The Morgan fingerprint density at radius 3 is 1.67 bits per heavy atom. The maximum Gasteiger partial charge on any atom is 0.303 e. The van der Waals surface area contributed by atoms with E-state index in [9.17, 15) is 63.6 Å². The summed E-state index contributed by atoms with van der Waals surface area (Å²) < 4.78 is 0. The third-order valence-corrected chi connectivity index (χ3v) is 25.1. The molecule has 3 aromatic heterocycles. The van der Waals surface area contributed by atoms with Crippen LogP contribution in [0.25, 0.3) is 21.8 Å². The number of carboxylic acids is 1. The number of nitrogens with zero attached hydrogens (tertiary/aromatic N) is 6. The average Bonchev–Trinajstić information content (AvgIpc) is 1.68. The highest BCUT2D eigenvalue weighted by Gasteiger charge is 2.47. The van der Waals surface area contributed by atoms with E-state index in [2.05, 4.69) is 73.1 Å². The lowest BCUT2D eigenvalue weighted by Crippen LogP contribution is -2.62. The predicted octanol–water partition coefficient (Wildman–Crippen LogP) is -3.16. The van der Waals surface area contributed by atoms with E-state index in [0.29, 0.717) is 70.6 Å². The van der Waals surface area contributed by atoms with Crippen LogP contribution < -0.4 is 70.4 Å². The van der Waals surface area contributed by atoms with Gasteiger partial charge in [0.05, 0.1) is 37.0 Å². The molecule has 0 saturated carbocycles. The number of nitrogens with two attached hydrogens (primary N) is 3. The van der Waals surface area contributed by atoms with Crippen molar-refractivity contribution >= 4 is 134 Å². The summed E-state index contributed by atoms with van der Waals surface area (Å²) in [5, 5.41) is 70.3. The Morgan fingerprint density at radius 2 is 1.06 bits per heavy atom. The molecule has 0 radical (unpaired) electrons. The SMILES string of the molecule is CCCCC[C@H]1C(=O)N[C@@H](CCN)C(=O)N[C@H](C(=O)NCC(N)=O)CSCC(=O)N[C@@H](Cc2ccc(O)cc2)C(=O)N(C)[C@@H](C)C(=O)N[C@@H](CCN)C(=O)N2CCC[C@H]2C(=O)N[C@@H](Cc2c[nH]cn2)C(=O)N[C@@H](CCC(=O)O)C(=O)N2C[C@H](O)C[C@H]2C(=O)N[C@@H](Cc2c[nH]c3ccccc23)C(=O)N[C@@H](CO)C(=O)N[C@@H](Cc2c[nH]c3ccccc23)C(=O)N(C)[C@@H](CCCC)C(=O)N1C. The number of hydrogen-bond acceptors (Lipinski definition) is 24. The standard InChI is InChI=1S/C89H124N22O21S/c1-7-9-11-22-69-82(125)99-60(30-32-90)78(121)106-68(77(120)96-43-73(92)115)46-133-47-74(116)98-65(35-50-24-26-54(113)27-25-50)85(128)107(4)49(3)76(119)100-62(31-33-91)87(130)110-34-16-23-70(110)83(126)103-64(38-53-42-93-48-97-53)80(123)101-61(28-29-75(117)118)88(131)111-44-55(114)39-72(111)84(127)102-63(36-51-40-94-58-19-14-12-17-56(51)58)79(122)105-67(45-112)81(124)104-66(37-52-41-95-59-20-15-13-18-57(52)59)86(129)109(6)71(21-10-8-2)89(132)108(69)5/h12-15,17-20,24-27,40-42,48-49,55,60-72,94-95,112-114H,7-11,16,21-23,28-39,43-47,90-91H2,1-6H3,(H2,92,115)(H,93,97)(H,96,120)(H,98,116)(H,99,125)(H,100,119)(H,101,123)(H,102,127)(H,103,126)(H,104,124)(H,105,122)(H,106,121)(H,117,118)/t49-,55+,60-,61-,62-,63-,64-,65-,66-,67-,68-,69-,70-,71-,72-/m0/s1. The van der Waals surface area contributed by atoms with Crippen molar-refractivity contribution in [3.05, 3.63) is 120 Å². The van der Waals surface area contributed by atoms with E-state index in [1.807, 2.05) is 13.8 Å². The first-order valence-electron chi connectivity index (χ1n) is 44.6. The van der Waals surface area contributed by atoms with Crippen molar-refractivity contribution in [3.8, 4) is 5.75 Å². The Bertz CT molecular complexity index is 5090. The maximum absolute atomic E-state index is 15.7. The molecule has 0 spiro atoms. The van der Waals surface area contributed by atoms with E-state index in [-0.39, 0.29) is 95.3 Å². The van der Waals surface area contributed by atoms with Crippen LogP contribution >= 0.6 is 11.8 Å². The molecule has 16 amide bonds. The van der Waals surface area contributed by atoms with Crippen LogP contribution in [0.1, 0.15) is 133 Å². The molecule has 6 aromatic rings. The number of likely N-dealkylation sites (N-methyl/N-ethyl adjacent to an activating group) is 3. The van der Waals surface area contributed by atoms with Crippen LogP contribution in [0.2, 0.25) is 0 Å². The minimum Gasteiger partial charge on any atom is -0.508 e. The number of fused-ring (bicyclic) bond motifs is 4. The van der Waals surface area contributed by atoms with E-state index >= 15 is 38.4 Å². The molecule has 3 aromatic carbocycles. The minimum absolute atomic E-state index is 0.00682.